The number of hydrogen-bond acceptors (Lipinski definition) is 4. The molecule has 3 N–H and O–H groups in total. The zero-order valence-electron chi connectivity index (χ0n) is 11.0. The summed E-state index contributed by atoms with van der Waals surface area (Å²) < 4.78 is 0. The summed E-state index contributed by atoms with van der Waals surface area (Å²) in [6.07, 6.45) is 0. The van der Waals surface area contributed by atoms with Crippen molar-refractivity contribution in [2.45, 2.75) is 6.54 Å². The van der Waals surface area contributed by atoms with Crippen LogP contribution in [0, 0.1) is 0 Å². The second-order valence-electron chi connectivity index (χ2n) is 4.35. The van der Waals surface area contributed by atoms with E-state index in [4.69, 9.17) is 17.4 Å². The van der Waals surface area contributed by atoms with Crippen molar-refractivity contribution in [3.63, 3.8) is 0 Å². The first kappa shape index (κ1) is 14.3. The van der Waals surface area contributed by atoms with Gasteiger partial charge in [-0.3, -0.25) is 4.79 Å². The zero-order valence-corrected chi connectivity index (χ0v) is 11.8. The predicted octanol–water partition coefficient (Wildman–Crippen LogP) is 2.29. The number of hydrogen-bond donors (Lipinski definition) is 2. The number of aromatic nitrogens is 1. The third kappa shape index (κ3) is 3.46. The van der Waals surface area contributed by atoms with Gasteiger partial charge in [0.2, 0.25) is 0 Å². The van der Waals surface area contributed by atoms with Crippen molar-refractivity contribution < 1.29 is 4.79 Å². The standard InChI is InChI=1S/C14H15ClN4O/c1-19(9-10-5-3-2-4-6-10)14(20)11-7-12(15)17-13(8-11)18-16/h2-8H,9,16H2,1H3,(H,17,18). The molecule has 5 nitrogen and oxygen atoms in total. The lowest BCUT2D eigenvalue weighted by Gasteiger charge is -2.17. The highest BCUT2D eigenvalue weighted by molar-refractivity contribution is 6.29. The van der Waals surface area contributed by atoms with E-state index in [1.54, 1.807) is 18.0 Å². The molecule has 0 aliphatic carbocycles. The fraction of sp³-hybridized carbons (Fsp3) is 0.143. The lowest BCUT2D eigenvalue weighted by molar-refractivity contribution is 0.0785. The van der Waals surface area contributed by atoms with Crippen LogP contribution in [-0.4, -0.2) is 22.8 Å². The van der Waals surface area contributed by atoms with Crippen molar-refractivity contribution in [2.24, 2.45) is 5.84 Å². The van der Waals surface area contributed by atoms with E-state index in [9.17, 15) is 4.79 Å². The summed E-state index contributed by atoms with van der Waals surface area (Å²) in [6, 6.07) is 12.8. The average Bonchev–Trinajstić information content (AvgIpc) is 2.46. The molecule has 0 saturated carbocycles. The number of anilines is 1. The maximum Gasteiger partial charge on any atom is 0.254 e. The number of nitrogens with one attached hydrogen (secondary N) is 1. The molecule has 104 valence electrons. The van der Waals surface area contributed by atoms with Gasteiger partial charge in [-0.2, -0.15) is 0 Å². The number of halogens is 1. The van der Waals surface area contributed by atoms with Crippen molar-refractivity contribution in [2.75, 3.05) is 12.5 Å². The normalized spacial score (nSPS) is 10.2. The topological polar surface area (TPSA) is 71.2 Å². The van der Waals surface area contributed by atoms with Crippen molar-refractivity contribution in [1.29, 1.82) is 0 Å². The summed E-state index contributed by atoms with van der Waals surface area (Å²) in [4.78, 5) is 17.9. The van der Waals surface area contributed by atoms with Crippen molar-refractivity contribution in [3.05, 3.63) is 58.7 Å². The van der Waals surface area contributed by atoms with Crippen LogP contribution in [0.5, 0.6) is 0 Å². The smallest absolute Gasteiger partial charge is 0.254 e. The Bertz CT molecular complexity index is 603. The molecule has 0 radical (unpaired) electrons. The Balaban J connectivity index is 2.16. The van der Waals surface area contributed by atoms with E-state index in [1.165, 1.54) is 6.07 Å². The third-order valence-corrected chi connectivity index (χ3v) is 2.99. The lowest BCUT2D eigenvalue weighted by atomic mass is 10.2. The number of carbonyl (C=O) groups is 1. The highest BCUT2D eigenvalue weighted by atomic mass is 35.5. The number of rotatable bonds is 4. The van der Waals surface area contributed by atoms with Crippen LogP contribution in [0.25, 0.3) is 0 Å². The molecule has 0 bridgehead atoms. The Morgan fingerprint density at radius 1 is 1.35 bits per heavy atom. The minimum Gasteiger partial charge on any atom is -0.337 e. The molecule has 0 aliphatic heterocycles. The third-order valence-electron chi connectivity index (χ3n) is 2.80. The molecule has 1 heterocycles. The van der Waals surface area contributed by atoms with E-state index in [0.717, 1.165) is 5.56 Å². The molecule has 0 atom stereocenters. The van der Waals surface area contributed by atoms with Crippen LogP contribution < -0.4 is 11.3 Å². The summed E-state index contributed by atoms with van der Waals surface area (Å²) in [6.45, 7) is 0.519. The fourth-order valence-electron chi connectivity index (χ4n) is 1.84. The summed E-state index contributed by atoms with van der Waals surface area (Å²) in [5.41, 5.74) is 3.88. The summed E-state index contributed by atoms with van der Waals surface area (Å²) in [7, 11) is 1.74. The minimum absolute atomic E-state index is 0.144. The van der Waals surface area contributed by atoms with E-state index in [-0.39, 0.29) is 11.1 Å². The second-order valence-corrected chi connectivity index (χ2v) is 4.74. The Morgan fingerprint density at radius 2 is 2.05 bits per heavy atom. The molecule has 1 aromatic heterocycles. The van der Waals surface area contributed by atoms with Gasteiger partial charge in [0.1, 0.15) is 11.0 Å². The van der Waals surface area contributed by atoms with Gasteiger partial charge in [-0.25, -0.2) is 10.8 Å². The van der Waals surface area contributed by atoms with Gasteiger partial charge in [0.25, 0.3) is 5.91 Å². The lowest BCUT2D eigenvalue weighted by Crippen LogP contribution is -2.26. The first-order valence-electron chi connectivity index (χ1n) is 6.03. The number of pyridine rings is 1. The van der Waals surface area contributed by atoms with E-state index in [0.29, 0.717) is 17.9 Å². The molecule has 2 aromatic rings. The molecule has 0 saturated heterocycles. The molecule has 20 heavy (non-hydrogen) atoms. The van der Waals surface area contributed by atoms with Gasteiger partial charge in [0.15, 0.2) is 0 Å². The average molecular weight is 291 g/mol. The van der Waals surface area contributed by atoms with Crippen LogP contribution in [0.4, 0.5) is 5.82 Å². The van der Waals surface area contributed by atoms with Gasteiger partial charge in [0, 0.05) is 19.2 Å². The molecule has 2 rings (SSSR count). The number of benzene rings is 1. The van der Waals surface area contributed by atoms with Crippen LogP contribution in [0.2, 0.25) is 5.15 Å². The van der Waals surface area contributed by atoms with Crippen molar-refractivity contribution in [3.8, 4) is 0 Å². The molecular weight excluding hydrogens is 276 g/mol. The number of nitrogen functional groups attached to an aromatic ring is 1. The summed E-state index contributed by atoms with van der Waals surface area (Å²) in [5.74, 6) is 5.50. The van der Waals surface area contributed by atoms with Crippen molar-refractivity contribution in [1.82, 2.24) is 9.88 Å². The molecule has 1 aromatic carbocycles. The number of nitrogens with zero attached hydrogens (tertiary/aromatic N) is 2. The van der Waals surface area contributed by atoms with E-state index >= 15 is 0 Å². The molecular formula is C14H15ClN4O. The molecule has 1 amide bonds. The quantitative estimate of drug-likeness (QED) is 0.515. The highest BCUT2D eigenvalue weighted by Gasteiger charge is 2.14. The molecule has 6 heteroatoms. The molecule has 0 fully saturated rings. The fourth-order valence-corrected chi connectivity index (χ4v) is 2.05. The van der Waals surface area contributed by atoms with Crippen LogP contribution in [0.3, 0.4) is 0 Å². The highest BCUT2D eigenvalue weighted by Crippen LogP contribution is 2.16. The molecule has 0 unspecified atom stereocenters. The Hall–Kier alpha value is -2.11. The summed E-state index contributed by atoms with van der Waals surface area (Å²) >= 11 is 5.86. The largest absolute Gasteiger partial charge is 0.337 e. The maximum atomic E-state index is 12.3. The Morgan fingerprint density at radius 3 is 2.70 bits per heavy atom. The van der Waals surface area contributed by atoms with Gasteiger partial charge in [0.05, 0.1) is 0 Å². The first-order valence-corrected chi connectivity index (χ1v) is 6.41. The van der Waals surface area contributed by atoms with Crippen LogP contribution in [0.15, 0.2) is 42.5 Å². The number of amides is 1. The van der Waals surface area contributed by atoms with Gasteiger partial charge in [-0.1, -0.05) is 41.9 Å². The van der Waals surface area contributed by atoms with E-state index in [1.807, 2.05) is 30.3 Å². The van der Waals surface area contributed by atoms with Gasteiger partial charge < -0.3 is 10.3 Å². The van der Waals surface area contributed by atoms with Crippen LogP contribution >= 0.6 is 11.6 Å². The predicted molar refractivity (Wildman–Crippen MR) is 79.3 cm³/mol. The number of carbonyl (C=O) groups excluding carboxylic acids is 1. The second kappa shape index (κ2) is 6.36. The monoisotopic (exact) mass is 290 g/mol. The summed E-state index contributed by atoms with van der Waals surface area (Å²) in [5, 5.41) is 0.219. The molecule has 0 aliphatic rings. The van der Waals surface area contributed by atoms with Gasteiger partial charge in [-0.05, 0) is 17.7 Å². The Labute approximate surface area is 122 Å². The maximum absolute atomic E-state index is 12.3. The van der Waals surface area contributed by atoms with Crippen molar-refractivity contribution >= 4 is 23.3 Å². The van der Waals surface area contributed by atoms with E-state index < -0.39 is 0 Å². The minimum atomic E-state index is -0.144. The van der Waals surface area contributed by atoms with Crippen LogP contribution in [-0.2, 0) is 6.54 Å². The first-order chi connectivity index (χ1) is 9.60. The van der Waals surface area contributed by atoms with Crippen LogP contribution in [0.1, 0.15) is 15.9 Å². The zero-order chi connectivity index (χ0) is 14.5. The van der Waals surface area contributed by atoms with E-state index in [2.05, 4.69) is 10.4 Å². The SMILES string of the molecule is CN(Cc1ccccc1)C(=O)c1cc(Cl)nc(NN)c1. The Kier molecular flexibility index (Phi) is 4.55. The molecule has 0 spiro atoms. The van der Waals surface area contributed by atoms with Gasteiger partial charge in [-0.15, -0.1) is 0 Å². The van der Waals surface area contributed by atoms with Gasteiger partial charge >= 0.3 is 0 Å². The number of hydrazine groups is 1. The number of nitrogens with two attached hydrogens (primary N) is 1.